The van der Waals surface area contributed by atoms with Gasteiger partial charge in [-0.05, 0) is 20.8 Å². The van der Waals surface area contributed by atoms with Crippen LogP contribution in [0.3, 0.4) is 0 Å². The number of ether oxygens (including phenoxy) is 2. The fourth-order valence-electron chi connectivity index (χ4n) is 2.89. The zero-order valence-electron chi connectivity index (χ0n) is 14.2. The molecule has 1 aromatic heterocycles. The van der Waals surface area contributed by atoms with Gasteiger partial charge in [0.25, 0.3) is 0 Å². The standard InChI is InChI=1S/C15H22N4O4S/c1-15(2,3)23-14(21)19-8-5-9-11(10(19)7-22-6-8)24-13(17-9)18-12(20)16-4/h8,10H,5-7H2,1-4H3,(H2,16,17,18,20)/t8-,10-/m0/s1. The van der Waals surface area contributed by atoms with Gasteiger partial charge in [0.2, 0.25) is 0 Å². The highest BCUT2D eigenvalue weighted by molar-refractivity contribution is 7.16. The number of fused-ring (bicyclic) bond motifs is 4. The summed E-state index contributed by atoms with van der Waals surface area (Å²) in [6.45, 7) is 6.43. The number of morpholine rings is 1. The normalized spacial score (nSPS) is 22.6. The number of hydrogen-bond acceptors (Lipinski definition) is 6. The van der Waals surface area contributed by atoms with Crippen molar-refractivity contribution in [1.29, 1.82) is 0 Å². The molecular formula is C15H22N4O4S. The van der Waals surface area contributed by atoms with E-state index in [4.69, 9.17) is 9.47 Å². The fourth-order valence-corrected chi connectivity index (χ4v) is 3.96. The SMILES string of the molecule is CNC(=O)Nc1nc2c(s1)[C@@H]1COC[C@H](C2)N1C(=O)OC(C)(C)C. The van der Waals surface area contributed by atoms with E-state index in [0.717, 1.165) is 10.6 Å². The van der Waals surface area contributed by atoms with Crippen LogP contribution in [0.1, 0.15) is 37.4 Å². The summed E-state index contributed by atoms with van der Waals surface area (Å²) in [5, 5.41) is 5.72. The lowest BCUT2D eigenvalue weighted by Crippen LogP contribution is -2.55. The number of hydrogen-bond donors (Lipinski definition) is 2. The number of nitrogens with zero attached hydrogens (tertiary/aromatic N) is 2. The number of nitrogens with one attached hydrogen (secondary N) is 2. The number of rotatable bonds is 1. The number of amides is 3. The average Bonchev–Trinajstić information content (AvgIpc) is 2.87. The minimum absolute atomic E-state index is 0.0962. The first-order valence-corrected chi connectivity index (χ1v) is 8.67. The van der Waals surface area contributed by atoms with Crippen LogP contribution in [0.15, 0.2) is 0 Å². The summed E-state index contributed by atoms with van der Waals surface area (Å²) < 4.78 is 11.2. The van der Waals surface area contributed by atoms with Crippen molar-refractivity contribution in [3.63, 3.8) is 0 Å². The highest BCUT2D eigenvalue weighted by Gasteiger charge is 2.44. The minimum Gasteiger partial charge on any atom is -0.444 e. The van der Waals surface area contributed by atoms with Gasteiger partial charge in [0.15, 0.2) is 5.13 Å². The molecule has 0 unspecified atom stereocenters. The Morgan fingerprint density at radius 3 is 2.79 bits per heavy atom. The van der Waals surface area contributed by atoms with Crippen molar-refractivity contribution >= 4 is 28.6 Å². The van der Waals surface area contributed by atoms with Crippen molar-refractivity contribution in [2.24, 2.45) is 0 Å². The van der Waals surface area contributed by atoms with Crippen LogP contribution in [0, 0.1) is 0 Å². The second-order valence-corrected chi connectivity index (χ2v) is 7.86. The summed E-state index contributed by atoms with van der Waals surface area (Å²) in [7, 11) is 1.55. The molecule has 0 saturated carbocycles. The first-order chi connectivity index (χ1) is 11.3. The lowest BCUT2D eigenvalue weighted by molar-refractivity contribution is -0.0666. The summed E-state index contributed by atoms with van der Waals surface area (Å²) in [6.07, 6.45) is 0.262. The van der Waals surface area contributed by atoms with Crippen LogP contribution < -0.4 is 10.6 Å². The zero-order valence-corrected chi connectivity index (χ0v) is 15.0. The van der Waals surface area contributed by atoms with Gasteiger partial charge < -0.3 is 14.8 Å². The molecule has 2 atom stereocenters. The Balaban J connectivity index is 1.86. The molecule has 8 nitrogen and oxygen atoms in total. The van der Waals surface area contributed by atoms with Crippen molar-refractivity contribution in [2.45, 2.75) is 44.9 Å². The van der Waals surface area contributed by atoms with Gasteiger partial charge >= 0.3 is 12.1 Å². The second-order valence-electron chi connectivity index (χ2n) is 6.83. The van der Waals surface area contributed by atoms with E-state index < -0.39 is 5.60 Å². The maximum absolute atomic E-state index is 12.6. The lowest BCUT2D eigenvalue weighted by Gasteiger charge is -2.44. The molecule has 3 amide bonds. The molecular weight excluding hydrogens is 332 g/mol. The van der Waals surface area contributed by atoms with E-state index in [2.05, 4.69) is 15.6 Å². The smallest absolute Gasteiger partial charge is 0.411 e. The van der Waals surface area contributed by atoms with Crippen molar-refractivity contribution < 1.29 is 19.1 Å². The van der Waals surface area contributed by atoms with Gasteiger partial charge in [0.1, 0.15) is 5.60 Å². The molecule has 132 valence electrons. The molecule has 9 heteroatoms. The van der Waals surface area contributed by atoms with Crippen molar-refractivity contribution in [2.75, 3.05) is 25.6 Å². The third-order valence-electron chi connectivity index (χ3n) is 3.83. The quantitative estimate of drug-likeness (QED) is 0.806. The van der Waals surface area contributed by atoms with Crippen LogP contribution in [0.5, 0.6) is 0 Å². The van der Waals surface area contributed by atoms with Gasteiger partial charge in [0, 0.05) is 13.5 Å². The van der Waals surface area contributed by atoms with Crippen LogP contribution in [-0.4, -0.2) is 53.9 Å². The number of carbonyl (C=O) groups is 2. The van der Waals surface area contributed by atoms with E-state index in [1.807, 2.05) is 20.8 Å². The molecule has 2 bridgehead atoms. The van der Waals surface area contributed by atoms with E-state index in [1.165, 1.54) is 11.3 Å². The van der Waals surface area contributed by atoms with E-state index in [9.17, 15) is 9.59 Å². The highest BCUT2D eigenvalue weighted by atomic mass is 32.1. The molecule has 0 aromatic carbocycles. The van der Waals surface area contributed by atoms with Crippen LogP contribution >= 0.6 is 11.3 Å². The Bertz CT molecular complexity index is 654. The topological polar surface area (TPSA) is 92.8 Å². The van der Waals surface area contributed by atoms with Crippen molar-refractivity contribution in [3.05, 3.63) is 10.6 Å². The Morgan fingerprint density at radius 1 is 1.38 bits per heavy atom. The van der Waals surface area contributed by atoms with Gasteiger partial charge in [-0.25, -0.2) is 14.6 Å². The van der Waals surface area contributed by atoms with E-state index >= 15 is 0 Å². The Hall–Kier alpha value is -1.87. The first-order valence-electron chi connectivity index (χ1n) is 7.86. The number of anilines is 1. The molecule has 3 rings (SSSR count). The summed E-state index contributed by atoms with van der Waals surface area (Å²) in [5.74, 6) is 0. The third kappa shape index (κ3) is 3.32. The highest BCUT2D eigenvalue weighted by Crippen LogP contribution is 2.41. The van der Waals surface area contributed by atoms with Crippen LogP contribution in [0.25, 0.3) is 0 Å². The van der Waals surface area contributed by atoms with Gasteiger partial charge in [-0.1, -0.05) is 11.3 Å². The van der Waals surface area contributed by atoms with Gasteiger partial charge in [-0.2, -0.15) is 0 Å². The predicted octanol–water partition coefficient (Wildman–Crippen LogP) is 2.13. The Kier molecular flexibility index (Phi) is 4.39. The largest absolute Gasteiger partial charge is 0.444 e. The Labute approximate surface area is 144 Å². The number of thiazole rings is 1. The molecule has 24 heavy (non-hydrogen) atoms. The van der Waals surface area contributed by atoms with Crippen molar-refractivity contribution in [3.8, 4) is 0 Å². The summed E-state index contributed by atoms with van der Waals surface area (Å²) in [4.78, 5) is 31.3. The summed E-state index contributed by atoms with van der Waals surface area (Å²) in [5.41, 5.74) is 0.371. The lowest BCUT2D eigenvalue weighted by atomic mass is 9.97. The molecule has 1 aromatic rings. The number of urea groups is 1. The number of aromatic nitrogens is 1. The third-order valence-corrected chi connectivity index (χ3v) is 4.94. The van der Waals surface area contributed by atoms with Crippen LogP contribution in [0.4, 0.5) is 14.7 Å². The average molecular weight is 354 g/mol. The Morgan fingerprint density at radius 2 is 2.12 bits per heavy atom. The van der Waals surface area contributed by atoms with E-state index in [1.54, 1.807) is 11.9 Å². The van der Waals surface area contributed by atoms with Crippen molar-refractivity contribution in [1.82, 2.24) is 15.2 Å². The molecule has 0 spiro atoms. The molecule has 0 radical (unpaired) electrons. The molecule has 2 aliphatic heterocycles. The monoisotopic (exact) mass is 354 g/mol. The predicted molar refractivity (Wildman–Crippen MR) is 89.3 cm³/mol. The molecule has 0 aliphatic carbocycles. The molecule has 2 aliphatic rings. The fraction of sp³-hybridized carbons (Fsp3) is 0.667. The van der Waals surface area contributed by atoms with Gasteiger partial charge in [-0.3, -0.25) is 10.2 Å². The second kappa shape index (κ2) is 6.21. The summed E-state index contributed by atoms with van der Waals surface area (Å²) >= 11 is 1.37. The maximum atomic E-state index is 12.6. The summed E-state index contributed by atoms with van der Waals surface area (Å²) in [6, 6.07) is -0.634. The van der Waals surface area contributed by atoms with E-state index in [0.29, 0.717) is 24.8 Å². The van der Waals surface area contributed by atoms with Crippen LogP contribution in [0.2, 0.25) is 0 Å². The van der Waals surface area contributed by atoms with Gasteiger partial charge in [-0.15, -0.1) is 0 Å². The van der Waals surface area contributed by atoms with Gasteiger partial charge in [0.05, 0.1) is 35.9 Å². The molecule has 1 saturated heterocycles. The molecule has 2 N–H and O–H groups in total. The number of carbonyl (C=O) groups excluding carboxylic acids is 2. The minimum atomic E-state index is -0.549. The molecule has 1 fully saturated rings. The van der Waals surface area contributed by atoms with Crippen LogP contribution in [-0.2, 0) is 15.9 Å². The van der Waals surface area contributed by atoms with E-state index in [-0.39, 0.29) is 24.2 Å². The maximum Gasteiger partial charge on any atom is 0.411 e. The zero-order chi connectivity index (χ0) is 17.5. The first kappa shape index (κ1) is 17.0. The molecule has 3 heterocycles.